The van der Waals surface area contributed by atoms with Gasteiger partial charge in [-0.3, -0.25) is 9.89 Å². The molecule has 6 nitrogen and oxygen atoms in total. The monoisotopic (exact) mass is 515 g/mol. The summed E-state index contributed by atoms with van der Waals surface area (Å²) in [6.07, 6.45) is 5.10. The zero-order valence-electron chi connectivity index (χ0n) is 18.4. The summed E-state index contributed by atoms with van der Waals surface area (Å²) >= 11 is 0. The lowest BCUT2D eigenvalue weighted by atomic mass is 10.0. The van der Waals surface area contributed by atoms with Gasteiger partial charge < -0.3 is 20.3 Å². The van der Waals surface area contributed by atoms with E-state index in [2.05, 4.69) is 51.4 Å². The first-order chi connectivity index (χ1) is 13.6. The number of hydrogen-bond donors (Lipinski definition) is 2. The molecule has 2 N–H and O–H groups in total. The average molecular weight is 515 g/mol. The van der Waals surface area contributed by atoms with Gasteiger partial charge in [0.15, 0.2) is 5.96 Å². The summed E-state index contributed by atoms with van der Waals surface area (Å²) in [6, 6.07) is 9.84. The number of guanidine groups is 1. The summed E-state index contributed by atoms with van der Waals surface area (Å²) in [6.45, 7) is 8.80. The molecular formula is C22H38IN5O. The van der Waals surface area contributed by atoms with Crippen molar-refractivity contribution in [2.24, 2.45) is 4.99 Å². The molecule has 2 aliphatic rings. The Labute approximate surface area is 193 Å². The minimum absolute atomic E-state index is 0. The standard InChI is InChI=1S/C22H37N5O.HI/c1-17-9-7-8-13-27(17)18(2)15-24-22(23-3)25-19-12-14-26(16-19)20-10-5-6-11-21(20)28-4;/h5-6,10-11,17-19H,7-9,12-16H2,1-4H3,(H2,23,24,25);1H. The van der Waals surface area contributed by atoms with E-state index in [1.807, 2.05) is 19.2 Å². The molecule has 0 spiro atoms. The average Bonchev–Trinajstić information content (AvgIpc) is 3.19. The normalized spacial score (nSPS) is 24.0. The molecule has 2 heterocycles. The van der Waals surface area contributed by atoms with Crippen LogP contribution in [0.3, 0.4) is 0 Å². The Morgan fingerprint density at radius 1 is 1.24 bits per heavy atom. The van der Waals surface area contributed by atoms with E-state index in [1.54, 1.807) is 7.11 Å². The number of likely N-dealkylation sites (tertiary alicyclic amines) is 1. The van der Waals surface area contributed by atoms with Gasteiger partial charge in [-0.15, -0.1) is 24.0 Å². The fraction of sp³-hybridized carbons (Fsp3) is 0.682. The van der Waals surface area contributed by atoms with E-state index in [9.17, 15) is 0 Å². The van der Waals surface area contributed by atoms with Crippen LogP contribution in [-0.2, 0) is 0 Å². The highest BCUT2D eigenvalue weighted by Gasteiger charge is 2.26. The lowest BCUT2D eigenvalue weighted by Crippen LogP contribution is -2.51. The van der Waals surface area contributed by atoms with Crippen LogP contribution in [0.5, 0.6) is 5.75 Å². The number of nitrogens with zero attached hydrogens (tertiary/aromatic N) is 3. The topological polar surface area (TPSA) is 52.1 Å². The minimum atomic E-state index is 0. The lowest BCUT2D eigenvalue weighted by Gasteiger charge is -2.38. The van der Waals surface area contributed by atoms with Crippen LogP contribution in [-0.4, -0.2) is 69.3 Å². The van der Waals surface area contributed by atoms with Gasteiger partial charge in [0.2, 0.25) is 0 Å². The van der Waals surface area contributed by atoms with Gasteiger partial charge in [0.25, 0.3) is 0 Å². The molecule has 2 fully saturated rings. The summed E-state index contributed by atoms with van der Waals surface area (Å²) in [7, 11) is 3.59. The second-order valence-electron chi connectivity index (χ2n) is 8.13. The van der Waals surface area contributed by atoms with Crippen LogP contribution in [0.15, 0.2) is 29.3 Å². The molecule has 0 amide bonds. The maximum Gasteiger partial charge on any atom is 0.191 e. The Morgan fingerprint density at radius 2 is 2.03 bits per heavy atom. The van der Waals surface area contributed by atoms with Crippen molar-refractivity contribution in [3.63, 3.8) is 0 Å². The number of halogens is 1. The van der Waals surface area contributed by atoms with Crippen molar-refractivity contribution in [1.82, 2.24) is 15.5 Å². The highest BCUT2D eigenvalue weighted by atomic mass is 127. The van der Waals surface area contributed by atoms with Gasteiger partial charge in [-0.1, -0.05) is 18.6 Å². The number of piperidine rings is 1. The SMILES string of the molecule is CN=C(NCC(C)N1CCCCC1C)NC1CCN(c2ccccc2OC)C1.I. The molecule has 2 saturated heterocycles. The van der Waals surface area contributed by atoms with Crippen LogP contribution < -0.4 is 20.3 Å². The zero-order chi connectivity index (χ0) is 19.9. The largest absolute Gasteiger partial charge is 0.495 e. The van der Waals surface area contributed by atoms with Crippen LogP contribution in [0.2, 0.25) is 0 Å². The Balaban J connectivity index is 0.00000300. The molecular weight excluding hydrogens is 477 g/mol. The molecule has 7 heteroatoms. The summed E-state index contributed by atoms with van der Waals surface area (Å²) in [5.41, 5.74) is 1.17. The quantitative estimate of drug-likeness (QED) is 0.346. The molecule has 1 aromatic carbocycles. The van der Waals surface area contributed by atoms with Gasteiger partial charge >= 0.3 is 0 Å². The molecule has 1 aromatic rings. The van der Waals surface area contributed by atoms with Crippen molar-refractivity contribution in [2.45, 2.75) is 57.7 Å². The number of anilines is 1. The second-order valence-corrected chi connectivity index (χ2v) is 8.13. The first kappa shape index (κ1) is 24.1. The maximum absolute atomic E-state index is 5.52. The first-order valence-corrected chi connectivity index (χ1v) is 10.7. The molecule has 0 bridgehead atoms. The third-order valence-corrected chi connectivity index (χ3v) is 6.16. The maximum atomic E-state index is 5.52. The number of benzene rings is 1. The fourth-order valence-corrected chi connectivity index (χ4v) is 4.51. The van der Waals surface area contributed by atoms with Gasteiger partial charge in [0.05, 0.1) is 12.8 Å². The highest BCUT2D eigenvalue weighted by Crippen LogP contribution is 2.30. The second kappa shape index (κ2) is 11.8. The summed E-state index contributed by atoms with van der Waals surface area (Å²) in [4.78, 5) is 9.47. The Hall–Kier alpha value is -1.22. The van der Waals surface area contributed by atoms with Crippen molar-refractivity contribution in [3.8, 4) is 5.75 Å². The number of rotatable bonds is 6. The van der Waals surface area contributed by atoms with Gasteiger partial charge in [-0.05, 0) is 51.8 Å². The molecule has 29 heavy (non-hydrogen) atoms. The number of aliphatic imine (C=N–C) groups is 1. The molecule has 0 aliphatic carbocycles. The minimum Gasteiger partial charge on any atom is -0.495 e. The predicted molar refractivity (Wildman–Crippen MR) is 133 cm³/mol. The third kappa shape index (κ3) is 6.38. The molecule has 3 rings (SSSR count). The Morgan fingerprint density at radius 3 is 2.76 bits per heavy atom. The number of nitrogens with one attached hydrogen (secondary N) is 2. The van der Waals surface area contributed by atoms with E-state index in [-0.39, 0.29) is 24.0 Å². The smallest absolute Gasteiger partial charge is 0.191 e. The molecule has 0 aromatic heterocycles. The van der Waals surface area contributed by atoms with E-state index in [1.165, 1.54) is 31.5 Å². The summed E-state index contributed by atoms with van der Waals surface area (Å²) in [5.74, 6) is 1.85. The Kier molecular flexibility index (Phi) is 9.82. The molecule has 2 aliphatic heterocycles. The number of ether oxygens (including phenoxy) is 1. The fourth-order valence-electron chi connectivity index (χ4n) is 4.51. The van der Waals surface area contributed by atoms with Gasteiger partial charge in [-0.2, -0.15) is 0 Å². The van der Waals surface area contributed by atoms with Crippen molar-refractivity contribution < 1.29 is 4.74 Å². The summed E-state index contributed by atoms with van der Waals surface area (Å²) < 4.78 is 5.52. The van der Waals surface area contributed by atoms with Crippen LogP contribution >= 0.6 is 24.0 Å². The van der Waals surface area contributed by atoms with E-state index >= 15 is 0 Å². The van der Waals surface area contributed by atoms with Gasteiger partial charge in [0, 0.05) is 44.8 Å². The molecule has 0 radical (unpaired) electrons. The first-order valence-electron chi connectivity index (χ1n) is 10.7. The van der Waals surface area contributed by atoms with Crippen molar-refractivity contribution in [3.05, 3.63) is 24.3 Å². The van der Waals surface area contributed by atoms with E-state index < -0.39 is 0 Å². The van der Waals surface area contributed by atoms with Crippen molar-refractivity contribution >= 4 is 35.6 Å². The molecule has 3 unspecified atom stereocenters. The van der Waals surface area contributed by atoms with E-state index in [0.29, 0.717) is 18.1 Å². The molecule has 0 saturated carbocycles. The zero-order valence-corrected chi connectivity index (χ0v) is 20.7. The van der Waals surface area contributed by atoms with Crippen LogP contribution in [0.1, 0.15) is 39.5 Å². The van der Waals surface area contributed by atoms with Gasteiger partial charge in [-0.25, -0.2) is 0 Å². The van der Waals surface area contributed by atoms with Gasteiger partial charge in [0.1, 0.15) is 5.75 Å². The number of hydrogen-bond acceptors (Lipinski definition) is 4. The molecule has 164 valence electrons. The van der Waals surface area contributed by atoms with Crippen molar-refractivity contribution in [2.75, 3.05) is 45.2 Å². The van der Waals surface area contributed by atoms with Crippen LogP contribution in [0, 0.1) is 0 Å². The number of para-hydroxylation sites is 2. The number of methoxy groups -OCH3 is 1. The van der Waals surface area contributed by atoms with E-state index in [4.69, 9.17) is 4.74 Å². The van der Waals surface area contributed by atoms with Crippen LogP contribution in [0.4, 0.5) is 5.69 Å². The highest BCUT2D eigenvalue weighted by molar-refractivity contribution is 14.0. The third-order valence-electron chi connectivity index (χ3n) is 6.16. The lowest BCUT2D eigenvalue weighted by molar-refractivity contribution is 0.115. The van der Waals surface area contributed by atoms with E-state index in [0.717, 1.165) is 37.8 Å². The predicted octanol–water partition coefficient (Wildman–Crippen LogP) is 3.32. The summed E-state index contributed by atoms with van der Waals surface area (Å²) in [5, 5.41) is 7.16. The van der Waals surface area contributed by atoms with Crippen LogP contribution in [0.25, 0.3) is 0 Å². The molecule has 3 atom stereocenters. The van der Waals surface area contributed by atoms with Crippen molar-refractivity contribution in [1.29, 1.82) is 0 Å². The Bertz CT molecular complexity index is 656.